The van der Waals surface area contributed by atoms with Gasteiger partial charge < -0.3 is 20.7 Å². The number of benzene rings is 3. The van der Waals surface area contributed by atoms with Crippen LogP contribution in [0.3, 0.4) is 0 Å². The van der Waals surface area contributed by atoms with Gasteiger partial charge in [0.2, 0.25) is 5.95 Å². The second-order valence-corrected chi connectivity index (χ2v) is 6.73. The third-order valence-corrected chi connectivity index (χ3v) is 4.60. The summed E-state index contributed by atoms with van der Waals surface area (Å²) < 4.78 is 0. The maximum Gasteiger partial charge on any atom is 0.290 e. The molecule has 6 heteroatoms. The number of carboxylic acid groups (broad SMARTS) is 1. The molecule has 0 aliphatic carbocycles. The highest BCUT2D eigenvalue weighted by atomic mass is 16.3. The van der Waals surface area contributed by atoms with Gasteiger partial charge in [0.05, 0.1) is 11.0 Å². The van der Waals surface area contributed by atoms with Crippen molar-refractivity contribution in [2.45, 2.75) is 13.0 Å². The quantitative estimate of drug-likeness (QED) is 0.257. The van der Waals surface area contributed by atoms with Crippen LogP contribution < -0.4 is 10.6 Å². The molecule has 0 atom stereocenters. The van der Waals surface area contributed by atoms with Crippen LogP contribution >= 0.6 is 0 Å². The van der Waals surface area contributed by atoms with Crippen LogP contribution in [0.2, 0.25) is 0 Å². The molecule has 0 fully saturated rings. The van der Waals surface area contributed by atoms with Crippen LogP contribution in [0.15, 0.2) is 78.9 Å². The number of aromatic amines is 1. The van der Waals surface area contributed by atoms with E-state index in [9.17, 15) is 0 Å². The van der Waals surface area contributed by atoms with Crippen molar-refractivity contribution in [1.82, 2.24) is 15.3 Å². The second kappa shape index (κ2) is 11.4. The Balaban J connectivity index is 0.000000806. The van der Waals surface area contributed by atoms with Crippen LogP contribution in [0, 0.1) is 0 Å². The summed E-state index contributed by atoms with van der Waals surface area (Å²) in [6.45, 7) is 2.49. The zero-order valence-corrected chi connectivity index (χ0v) is 16.7. The number of imidazole rings is 1. The van der Waals surface area contributed by atoms with Gasteiger partial charge in [0.1, 0.15) is 0 Å². The van der Waals surface area contributed by atoms with Gasteiger partial charge in [0.25, 0.3) is 6.47 Å². The van der Waals surface area contributed by atoms with Gasteiger partial charge in [-0.3, -0.25) is 4.79 Å². The third kappa shape index (κ3) is 6.18. The van der Waals surface area contributed by atoms with E-state index in [1.807, 2.05) is 30.3 Å². The Bertz CT molecular complexity index is 997. The zero-order valence-electron chi connectivity index (χ0n) is 16.7. The smallest absolute Gasteiger partial charge is 0.290 e. The van der Waals surface area contributed by atoms with Gasteiger partial charge in [-0.25, -0.2) is 4.98 Å². The molecular weight excluding hydrogens is 376 g/mol. The van der Waals surface area contributed by atoms with Crippen molar-refractivity contribution in [2.24, 2.45) is 0 Å². The van der Waals surface area contributed by atoms with Gasteiger partial charge in [-0.05, 0) is 41.8 Å². The number of aromatic nitrogens is 2. The number of rotatable bonds is 8. The van der Waals surface area contributed by atoms with Gasteiger partial charge in [-0.1, -0.05) is 66.7 Å². The van der Waals surface area contributed by atoms with Gasteiger partial charge >= 0.3 is 0 Å². The summed E-state index contributed by atoms with van der Waals surface area (Å²) in [5, 5.41) is 13.7. The van der Waals surface area contributed by atoms with Crippen molar-refractivity contribution in [2.75, 3.05) is 18.4 Å². The maximum absolute atomic E-state index is 8.36. The molecule has 30 heavy (non-hydrogen) atoms. The van der Waals surface area contributed by atoms with E-state index in [2.05, 4.69) is 69.1 Å². The zero-order chi connectivity index (χ0) is 21.0. The first kappa shape index (κ1) is 21.1. The molecular formula is C24H26N4O2. The fourth-order valence-electron chi connectivity index (χ4n) is 3.14. The van der Waals surface area contributed by atoms with Gasteiger partial charge in [-0.2, -0.15) is 0 Å². The number of hydrogen-bond donors (Lipinski definition) is 4. The highest BCUT2D eigenvalue weighted by Gasteiger charge is 2.01. The van der Waals surface area contributed by atoms with Crippen LogP contribution in [-0.2, 0) is 11.3 Å². The van der Waals surface area contributed by atoms with Crippen LogP contribution in [0.25, 0.3) is 22.2 Å². The number of H-pyrrole nitrogens is 1. The lowest BCUT2D eigenvalue weighted by Crippen LogP contribution is -2.17. The molecule has 0 amide bonds. The SMILES string of the molecule is O=CO.c1ccc(-c2ccc(CNCCCNc3nc4ccccc4[nH]3)cc2)cc1. The average molecular weight is 402 g/mol. The predicted molar refractivity (Wildman–Crippen MR) is 121 cm³/mol. The summed E-state index contributed by atoms with van der Waals surface area (Å²) in [5.41, 5.74) is 5.89. The number of nitrogens with one attached hydrogen (secondary N) is 3. The number of nitrogens with zero attached hydrogens (tertiary/aromatic N) is 1. The molecule has 0 saturated carbocycles. The molecule has 154 valence electrons. The van der Waals surface area contributed by atoms with E-state index < -0.39 is 0 Å². The molecule has 0 aliphatic rings. The first-order valence-electron chi connectivity index (χ1n) is 9.91. The molecule has 1 heterocycles. The summed E-state index contributed by atoms with van der Waals surface area (Å²) in [4.78, 5) is 16.2. The number of para-hydroxylation sites is 2. The Morgan fingerprint density at radius 1 is 0.867 bits per heavy atom. The molecule has 0 unspecified atom stereocenters. The minimum Gasteiger partial charge on any atom is -0.483 e. The molecule has 0 aliphatic heterocycles. The van der Waals surface area contributed by atoms with Crippen molar-refractivity contribution in [1.29, 1.82) is 0 Å². The van der Waals surface area contributed by atoms with Crippen LogP contribution in [-0.4, -0.2) is 34.6 Å². The normalized spacial score (nSPS) is 10.3. The van der Waals surface area contributed by atoms with Crippen molar-refractivity contribution in [3.63, 3.8) is 0 Å². The minimum absolute atomic E-state index is 0.250. The summed E-state index contributed by atoms with van der Waals surface area (Å²) in [7, 11) is 0. The second-order valence-electron chi connectivity index (χ2n) is 6.73. The molecule has 4 rings (SSSR count). The van der Waals surface area contributed by atoms with E-state index in [0.717, 1.165) is 43.0 Å². The monoisotopic (exact) mass is 402 g/mol. The van der Waals surface area contributed by atoms with Crippen LogP contribution in [0.1, 0.15) is 12.0 Å². The van der Waals surface area contributed by atoms with Crippen molar-refractivity contribution >= 4 is 23.5 Å². The van der Waals surface area contributed by atoms with E-state index in [1.54, 1.807) is 0 Å². The van der Waals surface area contributed by atoms with E-state index in [1.165, 1.54) is 16.7 Å². The third-order valence-electron chi connectivity index (χ3n) is 4.60. The lowest BCUT2D eigenvalue weighted by molar-refractivity contribution is -0.122. The number of fused-ring (bicyclic) bond motifs is 1. The summed E-state index contributed by atoms with van der Waals surface area (Å²) in [6.07, 6.45) is 1.04. The Labute approximate surface area is 176 Å². The van der Waals surface area contributed by atoms with Gasteiger partial charge in [-0.15, -0.1) is 0 Å². The molecule has 6 nitrogen and oxygen atoms in total. The molecule has 3 aromatic carbocycles. The maximum atomic E-state index is 8.36. The fraction of sp³-hybridized carbons (Fsp3) is 0.167. The van der Waals surface area contributed by atoms with E-state index >= 15 is 0 Å². The van der Waals surface area contributed by atoms with Crippen LogP contribution in [0.4, 0.5) is 5.95 Å². The highest BCUT2D eigenvalue weighted by molar-refractivity contribution is 5.77. The summed E-state index contributed by atoms with van der Waals surface area (Å²) in [6, 6.07) is 27.3. The topological polar surface area (TPSA) is 90.0 Å². The number of anilines is 1. The molecule has 1 aromatic heterocycles. The Kier molecular flexibility index (Phi) is 8.00. The lowest BCUT2D eigenvalue weighted by Gasteiger charge is -2.07. The Morgan fingerprint density at radius 2 is 1.53 bits per heavy atom. The number of hydrogen-bond acceptors (Lipinski definition) is 4. The standard InChI is InChI=1S/C23H24N4.CH2O2/c1-2-7-19(8-3-1)20-13-11-18(12-14-20)17-24-15-6-16-25-23-26-21-9-4-5-10-22(21)27-23;2-1-3/h1-5,7-14,24H,6,15-17H2,(H2,25,26,27);1H,(H,2,3). The molecule has 0 bridgehead atoms. The molecule has 4 aromatic rings. The minimum atomic E-state index is -0.250. The summed E-state index contributed by atoms with van der Waals surface area (Å²) in [5.74, 6) is 0.840. The first-order valence-corrected chi connectivity index (χ1v) is 9.91. The number of carbonyl (C=O) groups is 1. The van der Waals surface area contributed by atoms with Gasteiger partial charge in [0.15, 0.2) is 0 Å². The van der Waals surface area contributed by atoms with Crippen LogP contribution in [0.5, 0.6) is 0 Å². The Morgan fingerprint density at radius 3 is 2.27 bits per heavy atom. The average Bonchev–Trinajstić information content (AvgIpc) is 3.21. The predicted octanol–water partition coefficient (Wildman–Crippen LogP) is 4.52. The van der Waals surface area contributed by atoms with Crippen molar-refractivity contribution in [3.8, 4) is 11.1 Å². The Hall–Kier alpha value is -3.64. The molecule has 0 radical (unpaired) electrons. The van der Waals surface area contributed by atoms with Crippen molar-refractivity contribution < 1.29 is 9.90 Å². The fourth-order valence-corrected chi connectivity index (χ4v) is 3.14. The largest absolute Gasteiger partial charge is 0.483 e. The first-order chi connectivity index (χ1) is 14.8. The lowest BCUT2D eigenvalue weighted by atomic mass is 10.0. The van der Waals surface area contributed by atoms with E-state index in [0.29, 0.717) is 0 Å². The van der Waals surface area contributed by atoms with Gasteiger partial charge in [0, 0.05) is 13.1 Å². The van der Waals surface area contributed by atoms with E-state index in [-0.39, 0.29) is 6.47 Å². The van der Waals surface area contributed by atoms with Crippen molar-refractivity contribution in [3.05, 3.63) is 84.4 Å². The van der Waals surface area contributed by atoms with E-state index in [4.69, 9.17) is 9.90 Å². The molecule has 4 N–H and O–H groups in total. The molecule has 0 spiro atoms. The molecule has 0 saturated heterocycles. The highest BCUT2D eigenvalue weighted by Crippen LogP contribution is 2.19. The summed E-state index contributed by atoms with van der Waals surface area (Å²) >= 11 is 0.